The second-order valence-electron chi connectivity index (χ2n) is 4.53. The van der Waals surface area contributed by atoms with Crippen molar-refractivity contribution in [3.8, 4) is 0 Å². The third-order valence-electron chi connectivity index (χ3n) is 3.12. The molecule has 5 heteroatoms. The summed E-state index contributed by atoms with van der Waals surface area (Å²) in [5.41, 5.74) is 1.55. The number of rotatable bonds is 4. The molecule has 0 aliphatic carbocycles. The summed E-state index contributed by atoms with van der Waals surface area (Å²) >= 11 is 0. The fourth-order valence-corrected chi connectivity index (χ4v) is 2.09. The zero-order valence-electron chi connectivity index (χ0n) is 11.3. The Hall–Kier alpha value is -2.95. The highest BCUT2D eigenvalue weighted by Crippen LogP contribution is 2.14. The molecule has 2 aromatic carbocycles. The normalized spacial score (nSPS) is 11.8. The standard InChI is InChI=1S/C16H14N4O/c21-16(14-9-5-2-6-10-14)19-15(20-12-17-11-18-20)13-7-3-1-4-8-13/h1-12,15H,(H,19,21). The molecule has 0 aliphatic heterocycles. The zero-order valence-corrected chi connectivity index (χ0v) is 11.3. The van der Waals surface area contributed by atoms with E-state index in [1.54, 1.807) is 23.1 Å². The average Bonchev–Trinajstić information content (AvgIpc) is 3.08. The van der Waals surface area contributed by atoms with E-state index in [1.807, 2.05) is 48.5 Å². The first-order valence-corrected chi connectivity index (χ1v) is 6.59. The van der Waals surface area contributed by atoms with Gasteiger partial charge in [-0.3, -0.25) is 4.79 Å². The highest BCUT2D eigenvalue weighted by atomic mass is 16.1. The van der Waals surface area contributed by atoms with Crippen molar-refractivity contribution in [1.82, 2.24) is 20.1 Å². The van der Waals surface area contributed by atoms with Crippen molar-refractivity contribution in [2.75, 3.05) is 0 Å². The molecule has 1 N–H and O–H groups in total. The van der Waals surface area contributed by atoms with E-state index in [-0.39, 0.29) is 12.1 Å². The van der Waals surface area contributed by atoms with Crippen molar-refractivity contribution < 1.29 is 4.79 Å². The summed E-state index contributed by atoms with van der Waals surface area (Å²) < 4.78 is 1.62. The van der Waals surface area contributed by atoms with Gasteiger partial charge in [0.25, 0.3) is 5.91 Å². The van der Waals surface area contributed by atoms with Crippen molar-refractivity contribution in [2.24, 2.45) is 0 Å². The second kappa shape index (κ2) is 6.00. The molecule has 0 aliphatic rings. The van der Waals surface area contributed by atoms with E-state index in [2.05, 4.69) is 15.4 Å². The lowest BCUT2D eigenvalue weighted by Crippen LogP contribution is -2.33. The lowest BCUT2D eigenvalue weighted by Gasteiger charge is -2.19. The SMILES string of the molecule is O=C(NC(c1ccccc1)n1cncn1)c1ccccc1. The van der Waals surface area contributed by atoms with Crippen LogP contribution in [0.4, 0.5) is 0 Å². The van der Waals surface area contributed by atoms with Crippen molar-refractivity contribution in [3.05, 3.63) is 84.4 Å². The molecule has 3 aromatic rings. The van der Waals surface area contributed by atoms with Crippen LogP contribution in [0.25, 0.3) is 0 Å². The van der Waals surface area contributed by atoms with Gasteiger partial charge >= 0.3 is 0 Å². The summed E-state index contributed by atoms with van der Waals surface area (Å²) in [6, 6.07) is 18.8. The minimum absolute atomic E-state index is 0.153. The Kier molecular flexibility index (Phi) is 3.73. The van der Waals surface area contributed by atoms with Crippen molar-refractivity contribution in [1.29, 1.82) is 0 Å². The molecule has 104 valence electrons. The van der Waals surface area contributed by atoms with Gasteiger partial charge in [0.15, 0.2) is 6.17 Å². The van der Waals surface area contributed by atoms with E-state index >= 15 is 0 Å². The Morgan fingerprint density at radius 3 is 2.29 bits per heavy atom. The van der Waals surface area contributed by atoms with Gasteiger partial charge in [-0.25, -0.2) is 9.67 Å². The van der Waals surface area contributed by atoms with Gasteiger partial charge in [0.1, 0.15) is 12.7 Å². The highest BCUT2D eigenvalue weighted by Gasteiger charge is 2.17. The summed E-state index contributed by atoms with van der Waals surface area (Å²) in [5.74, 6) is -0.153. The molecule has 0 radical (unpaired) electrons. The smallest absolute Gasteiger partial charge is 0.253 e. The average molecular weight is 278 g/mol. The van der Waals surface area contributed by atoms with Crippen LogP contribution in [0.3, 0.4) is 0 Å². The summed E-state index contributed by atoms with van der Waals surface area (Å²) in [6.45, 7) is 0. The molecule has 1 amide bonds. The lowest BCUT2D eigenvalue weighted by molar-refractivity contribution is 0.0927. The maximum atomic E-state index is 12.4. The van der Waals surface area contributed by atoms with Crippen LogP contribution in [0.1, 0.15) is 22.1 Å². The molecule has 0 spiro atoms. The van der Waals surface area contributed by atoms with Crippen LogP contribution >= 0.6 is 0 Å². The number of hydrogen-bond acceptors (Lipinski definition) is 3. The number of nitrogens with one attached hydrogen (secondary N) is 1. The van der Waals surface area contributed by atoms with Gasteiger partial charge < -0.3 is 5.32 Å². The summed E-state index contributed by atoms with van der Waals surface area (Å²) in [4.78, 5) is 16.3. The number of carbonyl (C=O) groups is 1. The van der Waals surface area contributed by atoms with E-state index in [4.69, 9.17) is 0 Å². The first-order chi connectivity index (χ1) is 10.3. The molecule has 1 unspecified atom stereocenters. The highest BCUT2D eigenvalue weighted by molar-refractivity contribution is 5.94. The Balaban J connectivity index is 1.89. The van der Waals surface area contributed by atoms with Gasteiger partial charge in [0.2, 0.25) is 0 Å². The van der Waals surface area contributed by atoms with Crippen molar-refractivity contribution in [2.45, 2.75) is 6.17 Å². The maximum Gasteiger partial charge on any atom is 0.253 e. The number of hydrogen-bond donors (Lipinski definition) is 1. The van der Waals surface area contributed by atoms with Crippen molar-refractivity contribution >= 4 is 5.91 Å². The van der Waals surface area contributed by atoms with Gasteiger partial charge in [-0.1, -0.05) is 48.5 Å². The number of aromatic nitrogens is 3. The maximum absolute atomic E-state index is 12.4. The molecule has 5 nitrogen and oxygen atoms in total. The number of nitrogens with zero attached hydrogens (tertiary/aromatic N) is 3. The molecule has 21 heavy (non-hydrogen) atoms. The van der Waals surface area contributed by atoms with Gasteiger partial charge in [0.05, 0.1) is 0 Å². The van der Waals surface area contributed by atoms with Crippen LogP contribution in [-0.2, 0) is 0 Å². The van der Waals surface area contributed by atoms with Gasteiger partial charge in [-0.15, -0.1) is 0 Å². The Morgan fingerprint density at radius 2 is 1.67 bits per heavy atom. The molecule has 3 rings (SSSR count). The molecule has 0 fully saturated rings. The minimum atomic E-state index is -0.388. The van der Waals surface area contributed by atoms with E-state index in [9.17, 15) is 4.79 Å². The minimum Gasteiger partial charge on any atom is -0.326 e. The predicted octanol–water partition coefficient (Wildman–Crippen LogP) is 2.25. The third-order valence-corrected chi connectivity index (χ3v) is 3.12. The fourth-order valence-electron chi connectivity index (χ4n) is 2.09. The topological polar surface area (TPSA) is 59.8 Å². The monoisotopic (exact) mass is 278 g/mol. The Bertz CT molecular complexity index is 696. The van der Waals surface area contributed by atoms with Crippen LogP contribution in [0, 0.1) is 0 Å². The second-order valence-corrected chi connectivity index (χ2v) is 4.53. The van der Waals surface area contributed by atoms with Gasteiger partial charge in [0, 0.05) is 5.56 Å². The number of amides is 1. The lowest BCUT2D eigenvalue weighted by atomic mass is 10.1. The van der Waals surface area contributed by atoms with E-state index in [1.165, 1.54) is 6.33 Å². The van der Waals surface area contributed by atoms with Crippen molar-refractivity contribution in [3.63, 3.8) is 0 Å². The molecule has 1 aromatic heterocycles. The summed E-state index contributed by atoms with van der Waals surface area (Å²) in [6.07, 6.45) is 2.65. The van der Waals surface area contributed by atoms with Crippen LogP contribution in [0.15, 0.2) is 73.3 Å². The van der Waals surface area contributed by atoms with E-state index in [0.717, 1.165) is 5.56 Å². The van der Waals surface area contributed by atoms with E-state index < -0.39 is 0 Å². The summed E-state index contributed by atoms with van der Waals surface area (Å²) in [5, 5.41) is 7.10. The molecule has 0 saturated heterocycles. The van der Waals surface area contributed by atoms with Gasteiger partial charge in [-0.05, 0) is 17.7 Å². The van der Waals surface area contributed by atoms with Crippen LogP contribution < -0.4 is 5.32 Å². The molecular weight excluding hydrogens is 264 g/mol. The van der Waals surface area contributed by atoms with E-state index in [0.29, 0.717) is 5.56 Å². The largest absolute Gasteiger partial charge is 0.326 e. The first kappa shape index (κ1) is 13.1. The Labute approximate surface area is 122 Å². The number of carbonyl (C=O) groups excluding carboxylic acids is 1. The molecular formula is C16H14N4O. The third kappa shape index (κ3) is 2.97. The molecule has 0 saturated carbocycles. The first-order valence-electron chi connectivity index (χ1n) is 6.59. The molecule has 0 bridgehead atoms. The van der Waals surface area contributed by atoms with Crippen LogP contribution in [0.5, 0.6) is 0 Å². The predicted molar refractivity (Wildman–Crippen MR) is 78.5 cm³/mol. The quantitative estimate of drug-likeness (QED) is 0.796. The van der Waals surface area contributed by atoms with Crippen LogP contribution in [-0.4, -0.2) is 20.7 Å². The molecule has 1 heterocycles. The van der Waals surface area contributed by atoms with Crippen LogP contribution in [0.2, 0.25) is 0 Å². The zero-order chi connectivity index (χ0) is 14.5. The number of benzene rings is 2. The van der Waals surface area contributed by atoms with Gasteiger partial charge in [-0.2, -0.15) is 5.10 Å². The molecule has 1 atom stereocenters. The summed E-state index contributed by atoms with van der Waals surface area (Å²) in [7, 11) is 0. The Morgan fingerprint density at radius 1 is 1.00 bits per heavy atom. The fraction of sp³-hybridized carbons (Fsp3) is 0.0625.